The van der Waals surface area contributed by atoms with Crippen LogP contribution in [0.2, 0.25) is 0 Å². The van der Waals surface area contributed by atoms with Crippen LogP contribution in [-0.2, 0) is 43.6 Å². The molecule has 294 valence electrons. The van der Waals surface area contributed by atoms with E-state index < -0.39 is 95.5 Å². The second-order valence-electron chi connectivity index (χ2n) is 15.7. The summed E-state index contributed by atoms with van der Waals surface area (Å²) >= 11 is 0. The van der Waals surface area contributed by atoms with Crippen molar-refractivity contribution in [3.05, 3.63) is 63.2 Å². The van der Waals surface area contributed by atoms with Crippen LogP contribution >= 0.6 is 0 Å². The van der Waals surface area contributed by atoms with E-state index in [0.717, 1.165) is 0 Å². The lowest BCUT2D eigenvalue weighted by atomic mass is 9.68. The molecule has 5 aliphatic rings. The zero-order valence-corrected chi connectivity index (χ0v) is 32.1. The molecule has 15 heteroatoms. The molecule has 13 atom stereocenters. The zero-order chi connectivity index (χ0) is 39.4. The molecular formula is C39H49NO14. The summed E-state index contributed by atoms with van der Waals surface area (Å²) in [5.41, 5.74) is -3.21. The average Bonchev–Trinajstić information content (AvgIpc) is 3.11. The summed E-state index contributed by atoms with van der Waals surface area (Å²) in [5.74, 6) is -3.09. The molecule has 3 aliphatic heterocycles. The third kappa shape index (κ3) is 5.43. The van der Waals surface area contributed by atoms with Gasteiger partial charge in [-0.2, -0.15) is 0 Å². The number of rotatable bonds is 7. The van der Waals surface area contributed by atoms with Gasteiger partial charge in [0.05, 0.1) is 36.5 Å². The number of carbonyl (C=O) groups excluding carboxylic acids is 3. The smallest absolute Gasteiger partial charge is 0.316 e. The van der Waals surface area contributed by atoms with Crippen molar-refractivity contribution >= 4 is 17.5 Å². The van der Waals surface area contributed by atoms with Gasteiger partial charge >= 0.3 is 5.97 Å². The van der Waals surface area contributed by atoms with Crippen molar-refractivity contribution < 1.29 is 67.6 Å². The van der Waals surface area contributed by atoms with Crippen LogP contribution in [0.5, 0.6) is 5.75 Å². The minimum absolute atomic E-state index is 0.0192. The van der Waals surface area contributed by atoms with Gasteiger partial charge in [0.2, 0.25) is 6.29 Å². The number of hydrogen-bond acceptors (Lipinski definition) is 15. The average molecular weight is 756 g/mol. The molecule has 0 unspecified atom stereocenters. The Kier molecular flexibility index (Phi) is 9.65. The number of aliphatic hydroxyl groups is 3. The second-order valence-corrected chi connectivity index (χ2v) is 15.7. The van der Waals surface area contributed by atoms with Gasteiger partial charge in [0.1, 0.15) is 47.3 Å². The molecule has 2 aromatic carbocycles. The first-order chi connectivity index (χ1) is 25.4. The number of fused-ring (bicyclic) bond motifs is 8. The maximum Gasteiger partial charge on any atom is 0.316 e. The summed E-state index contributed by atoms with van der Waals surface area (Å²) in [6.45, 7) is 6.77. The molecule has 2 aliphatic carbocycles. The number of esters is 1. The quantitative estimate of drug-likeness (QED) is 0.296. The molecule has 0 radical (unpaired) electrons. The summed E-state index contributed by atoms with van der Waals surface area (Å²) in [4.78, 5) is 44.2. The van der Waals surface area contributed by atoms with E-state index in [1.807, 2.05) is 13.8 Å². The monoisotopic (exact) mass is 755 g/mol. The lowest BCUT2D eigenvalue weighted by molar-refractivity contribution is -0.345. The van der Waals surface area contributed by atoms with Gasteiger partial charge in [-0.1, -0.05) is 6.07 Å². The van der Waals surface area contributed by atoms with E-state index in [4.69, 9.17) is 37.9 Å². The van der Waals surface area contributed by atoms with Crippen molar-refractivity contribution in [3.8, 4) is 5.75 Å². The Morgan fingerprint density at radius 1 is 0.926 bits per heavy atom. The van der Waals surface area contributed by atoms with E-state index in [0.29, 0.717) is 11.1 Å². The van der Waals surface area contributed by atoms with Crippen LogP contribution in [0.25, 0.3) is 0 Å². The van der Waals surface area contributed by atoms with E-state index in [1.54, 1.807) is 39.1 Å². The molecule has 2 aromatic rings. The fourth-order valence-electron chi connectivity index (χ4n) is 9.48. The molecular weight excluding hydrogens is 706 g/mol. The zero-order valence-electron chi connectivity index (χ0n) is 32.1. The third-order valence-electron chi connectivity index (χ3n) is 12.3. The van der Waals surface area contributed by atoms with E-state index in [2.05, 4.69) is 0 Å². The number of methoxy groups -OCH3 is 4. The third-order valence-corrected chi connectivity index (χ3v) is 12.3. The molecule has 0 spiro atoms. The molecule has 0 amide bonds. The maximum absolute atomic E-state index is 14.7. The van der Waals surface area contributed by atoms with Crippen LogP contribution in [-0.4, -0.2) is 141 Å². The molecule has 2 bridgehead atoms. The Labute approximate surface area is 313 Å². The number of ether oxygens (including phenoxy) is 8. The van der Waals surface area contributed by atoms with Crippen LogP contribution in [0, 0.1) is 0 Å². The lowest BCUT2D eigenvalue weighted by Gasteiger charge is -2.53. The van der Waals surface area contributed by atoms with Gasteiger partial charge in [0.25, 0.3) is 0 Å². The highest BCUT2D eigenvalue weighted by atomic mass is 16.7. The predicted octanol–water partition coefficient (Wildman–Crippen LogP) is 1.73. The van der Waals surface area contributed by atoms with E-state index >= 15 is 0 Å². The van der Waals surface area contributed by atoms with Crippen LogP contribution in [0.4, 0.5) is 0 Å². The van der Waals surface area contributed by atoms with Gasteiger partial charge in [0.15, 0.2) is 17.9 Å². The molecule has 54 heavy (non-hydrogen) atoms. The second kappa shape index (κ2) is 13.4. The number of nitrogens with zero attached hydrogens (tertiary/aromatic N) is 1. The molecule has 0 aromatic heterocycles. The van der Waals surface area contributed by atoms with Crippen LogP contribution in [0.1, 0.15) is 94.7 Å². The van der Waals surface area contributed by atoms with Gasteiger partial charge in [-0.3, -0.25) is 14.4 Å². The van der Waals surface area contributed by atoms with E-state index in [-0.39, 0.29) is 40.0 Å². The minimum Gasteiger partial charge on any atom is -0.468 e. The number of benzene rings is 2. The van der Waals surface area contributed by atoms with Crippen LogP contribution < -0.4 is 4.74 Å². The number of aliphatic hydroxyl groups excluding tert-OH is 2. The number of hydrogen-bond donors (Lipinski definition) is 3. The van der Waals surface area contributed by atoms with Crippen molar-refractivity contribution in [1.82, 2.24) is 4.90 Å². The van der Waals surface area contributed by atoms with E-state index in [1.165, 1.54) is 46.5 Å². The van der Waals surface area contributed by atoms with Gasteiger partial charge in [-0.15, -0.1) is 0 Å². The molecule has 3 N–H and O–H groups in total. The summed E-state index contributed by atoms with van der Waals surface area (Å²) < 4.78 is 47.9. The van der Waals surface area contributed by atoms with Crippen LogP contribution in [0.3, 0.4) is 0 Å². The number of likely N-dealkylation sites (N-methyl/N-ethyl adjacent to an activating group) is 1. The van der Waals surface area contributed by atoms with Crippen molar-refractivity contribution in [2.24, 2.45) is 0 Å². The first-order valence-corrected chi connectivity index (χ1v) is 17.9. The SMILES string of the molecule is COC(=O)[C@@H]1c2cc3c(cc2[C@@H](O[C@@H]2O[C@@H](C)[C@H](OC)[C@@](C)(OC)[C@H]2OC)C[C@]1(C)O)C(=O)c1ccc2c(c1C3=O)O[C@H]1O[C@]2(C)[C@H](O)[C@@H](N(C)C)[C@@H]1O. The Morgan fingerprint density at radius 3 is 2.19 bits per heavy atom. The highest BCUT2D eigenvalue weighted by molar-refractivity contribution is 6.29. The molecule has 7 rings (SSSR count). The minimum atomic E-state index is -1.75. The van der Waals surface area contributed by atoms with Crippen molar-refractivity contribution in [1.29, 1.82) is 0 Å². The van der Waals surface area contributed by atoms with Gasteiger partial charge in [-0.25, -0.2) is 0 Å². The van der Waals surface area contributed by atoms with Gasteiger partial charge in [-0.05, 0) is 71.1 Å². The molecule has 0 saturated carbocycles. The van der Waals surface area contributed by atoms with Crippen molar-refractivity contribution in [3.63, 3.8) is 0 Å². The Balaban J connectivity index is 1.35. The van der Waals surface area contributed by atoms with Gasteiger partial charge < -0.3 is 58.1 Å². The van der Waals surface area contributed by atoms with Crippen molar-refractivity contribution in [2.45, 2.75) is 112 Å². The summed E-state index contributed by atoms with van der Waals surface area (Å²) in [5, 5.41) is 34.6. The van der Waals surface area contributed by atoms with Crippen molar-refractivity contribution in [2.75, 3.05) is 42.5 Å². The number of carbonyl (C=O) groups is 3. The molecule has 2 fully saturated rings. The topological polar surface area (TPSA) is 189 Å². The standard InChI is InChI=1S/C39H49NO14/c1-16-32(47-7)39(4,50-10)33(48-8)36(51-16)52-23-15-37(2,46)25(34(45)49-9)19-14-21-20(13-18(19)23)27(41)17-11-12-22-30(24(17)28(21)42)53-35-29(43)26(40(5)6)31(44)38(22,3)54-35/h11-14,16,23,25-26,29,31-33,35-36,43-44,46H,15H2,1-10H3/t16-,23-,25-,26-,29-,31+,32-,33-,35-,36-,37-,38-,39+/m0/s1. The highest BCUT2D eigenvalue weighted by Gasteiger charge is 2.60. The van der Waals surface area contributed by atoms with Crippen LogP contribution in [0.15, 0.2) is 24.3 Å². The first-order valence-electron chi connectivity index (χ1n) is 17.9. The maximum atomic E-state index is 14.7. The number of ketones is 2. The largest absolute Gasteiger partial charge is 0.468 e. The Bertz CT molecular complexity index is 1880. The van der Waals surface area contributed by atoms with E-state index in [9.17, 15) is 29.7 Å². The molecule has 2 saturated heterocycles. The predicted molar refractivity (Wildman–Crippen MR) is 187 cm³/mol. The first kappa shape index (κ1) is 38.9. The lowest BCUT2D eigenvalue weighted by Crippen LogP contribution is -2.68. The summed E-state index contributed by atoms with van der Waals surface area (Å²) in [7, 11) is 9.21. The summed E-state index contributed by atoms with van der Waals surface area (Å²) in [6.07, 6.45) is -7.77. The normalized spacial score (nSPS) is 39.6. The Hall–Kier alpha value is -3.35. The molecule has 15 nitrogen and oxygen atoms in total. The highest BCUT2D eigenvalue weighted by Crippen LogP contribution is 2.53. The fraction of sp³-hybridized carbons (Fsp3) is 0.615. The molecule has 3 heterocycles. The fourth-order valence-corrected chi connectivity index (χ4v) is 9.48. The van der Waals surface area contributed by atoms with Gasteiger partial charge in [0, 0.05) is 50.0 Å². The Morgan fingerprint density at radius 2 is 1.57 bits per heavy atom. The summed E-state index contributed by atoms with van der Waals surface area (Å²) in [6, 6.07) is 5.30.